The van der Waals surface area contributed by atoms with Crippen molar-refractivity contribution in [2.45, 2.75) is 32.1 Å². The normalized spacial score (nSPS) is 12.9. The lowest BCUT2D eigenvalue weighted by Gasteiger charge is -2.21. The second kappa shape index (κ2) is 5.48. The van der Waals surface area contributed by atoms with E-state index >= 15 is 0 Å². The number of aryl methyl sites for hydroxylation is 1. The third-order valence-electron chi connectivity index (χ3n) is 2.27. The molecule has 1 rings (SSSR count). The molecule has 90 valence electrons. The van der Waals surface area contributed by atoms with Crippen LogP contribution in [0.2, 0.25) is 0 Å². The van der Waals surface area contributed by atoms with Crippen LogP contribution in [0.15, 0.2) is 10.6 Å². The van der Waals surface area contributed by atoms with Crippen molar-refractivity contribution in [1.29, 1.82) is 0 Å². The van der Waals surface area contributed by atoms with Gasteiger partial charge in [-0.3, -0.25) is 4.79 Å². The van der Waals surface area contributed by atoms with Gasteiger partial charge in [-0.25, -0.2) is 0 Å². The van der Waals surface area contributed by atoms with Gasteiger partial charge in [0.2, 0.25) is 5.91 Å². The molecule has 0 aliphatic heterocycles. The van der Waals surface area contributed by atoms with Gasteiger partial charge in [0.15, 0.2) is 0 Å². The molecule has 4 nitrogen and oxygen atoms in total. The van der Waals surface area contributed by atoms with E-state index in [4.69, 9.17) is 4.52 Å². The van der Waals surface area contributed by atoms with E-state index in [1.54, 1.807) is 11.9 Å². The highest BCUT2D eigenvalue weighted by molar-refractivity contribution is 9.10. The third kappa shape index (κ3) is 3.33. The summed E-state index contributed by atoms with van der Waals surface area (Å²) in [4.78, 5) is 13.4. The van der Waals surface area contributed by atoms with Gasteiger partial charge < -0.3 is 9.42 Å². The molecular weight excluding hydrogens is 272 g/mol. The molecule has 0 saturated heterocycles. The summed E-state index contributed by atoms with van der Waals surface area (Å²) in [6.07, 6.45) is 0. The highest BCUT2D eigenvalue weighted by atomic mass is 79.9. The predicted molar refractivity (Wildman–Crippen MR) is 65.3 cm³/mol. The van der Waals surface area contributed by atoms with Gasteiger partial charge in [-0.2, -0.15) is 0 Å². The van der Waals surface area contributed by atoms with E-state index in [0.29, 0.717) is 6.54 Å². The van der Waals surface area contributed by atoms with Crippen molar-refractivity contribution in [2.24, 2.45) is 5.92 Å². The third-order valence-corrected chi connectivity index (χ3v) is 3.72. The Morgan fingerprint density at radius 1 is 1.62 bits per heavy atom. The molecule has 1 atom stereocenters. The van der Waals surface area contributed by atoms with E-state index in [0.717, 1.165) is 11.5 Å². The first-order valence-electron chi connectivity index (χ1n) is 5.23. The zero-order valence-corrected chi connectivity index (χ0v) is 11.6. The van der Waals surface area contributed by atoms with Crippen molar-refractivity contribution in [2.75, 3.05) is 7.05 Å². The number of aromatic nitrogens is 1. The number of hydrogen-bond donors (Lipinski definition) is 0. The lowest BCUT2D eigenvalue weighted by Crippen LogP contribution is -2.35. The summed E-state index contributed by atoms with van der Waals surface area (Å²) in [7, 11) is 1.77. The van der Waals surface area contributed by atoms with E-state index in [1.807, 2.05) is 26.8 Å². The first kappa shape index (κ1) is 13.2. The maximum absolute atomic E-state index is 11.9. The standard InChI is InChI=1S/C11H17BrN2O2/c1-7(2)10(12)11(15)14(4)6-9-5-8(3)16-13-9/h5,7,10H,6H2,1-4H3. The second-order valence-electron chi connectivity index (χ2n) is 4.27. The van der Waals surface area contributed by atoms with Crippen LogP contribution in [-0.2, 0) is 11.3 Å². The van der Waals surface area contributed by atoms with Gasteiger partial charge in [-0.05, 0) is 12.8 Å². The summed E-state index contributed by atoms with van der Waals surface area (Å²) in [5, 5.41) is 3.86. The predicted octanol–water partition coefficient (Wildman–Crippen LogP) is 2.36. The zero-order valence-electron chi connectivity index (χ0n) is 10.0. The molecule has 0 aromatic carbocycles. The molecule has 0 radical (unpaired) electrons. The highest BCUT2D eigenvalue weighted by Gasteiger charge is 2.22. The number of halogens is 1. The molecule has 0 N–H and O–H groups in total. The quantitative estimate of drug-likeness (QED) is 0.799. The molecule has 1 unspecified atom stereocenters. The molecule has 0 bridgehead atoms. The van der Waals surface area contributed by atoms with Crippen LogP contribution in [0.3, 0.4) is 0 Å². The Labute approximate surface area is 104 Å². The lowest BCUT2D eigenvalue weighted by molar-refractivity contribution is -0.130. The summed E-state index contributed by atoms with van der Waals surface area (Å²) in [5.74, 6) is 1.10. The Morgan fingerprint density at radius 3 is 2.69 bits per heavy atom. The van der Waals surface area contributed by atoms with Gasteiger partial charge >= 0.3 is 0 Å². The Hall–Kier alpha value is -0.840. The SMILES string of the molecule is Cc1cc(CN(C)C(=O)C(Br)C(C)C)no1. The van der Waals surface area contributed by atoms with Crippen molar-refractivity contribution < 1.29 is 9.32 Å². The Kier molecular flexibility index (Phi) is 4.53. The summed E-state index contributed by atoms with van der Waals surface area (Å²) in [6, 6.07) is 1.84. The molecule has 0 aliphatic carbocycles. The molecule has 0 spiro atoms. The molecular formula is C11H17BrN2O2. The molecule has 1 heterocycles. The average molecular weight is 289 g/mol. The first-order valence-corrected chi connectivity index (χ1v) is 6.14. The minimum absolute atomic E-state index is 0.0654. The van der Waals surface area contributed by atoms with Crippen molar-refractivity contribution >= 4 is 21.8 Å². The van der Waals surface area contributed by atoms with Gasteiger partial charge in [0, 0.05) is 13.1 Å². The second-order valence-corrected chi connectivity index (χ2v) is 5.26. The molecule has 16 heavy (non-hydrogen) atoms. The van der Waals surface area contributed by atoms with Gasteiger partial charge in [0.05, 0.1) is 11.4 Å². The number of amides is 1. The maximum Gasteiger partial charge on any atom is 0.236 e. The monoisotopic (exact) mass is 288 g/mol. The van der Waals surface area contributed by atoms with Crippen LogP contribution in [-0.4, -0.2) is 27.8 Å². The first-order chi connectivity index (χ1) is 7.41. The molecule has 0 fully saturated rings. The van der Waals surface area contributed by atoms with Gasteiger partial charge in [-0.15, -0.1) is 0 Å². The molecule has 0 aliphatic rings. The molecule has 1 amide bonds. The topological polar surface area (TPSA) is 46.3 Å². The van der Waals surface area contributed by atoms with Crippen LogP contribution in [0.4, 0.5) is 0 Å². The fraction of sp³-hybridized carbons (Fsp3) is 0.636. The summed E-state index contributed by atoms with van der Waals surface area (Å²) >= 11 is 3.39. The van der Waals surface area contributed by atoms with Gasteiger partial charge in [0.1, 0.15) is 11.5 Å². The molecule has 5 heteroatoms. The number of carbonyl (C=O) groups is 1. The number of carbonyl (C=O) groups excluding carboxylic acids is 1. The van der Waals surface area contributed by atoms with E-state index in [9.17, 15) is 4.79 Å². The fourth-order valence-corrected chi connectivity index (χ4v) is 1.66. The van der Waals surface area contributed by atoms with Crippen LogP contribution < -0.4 is 0 Å². The number of rotatable bonds is 4. The van der Waals surface area contributed by atoms with Crippen LogP contribution in [0.25, 0.3) is 0 Å². The Bertz CT molecular complexity index is 363. The average Bonchev–Trinajstić information content (AvgIpc) is 2.61. The number of hydrogen-bond acceptors (Lipinski definition) is 3. The maximum atomic E-state index is 11.9. The Morgan fingerprint density at radius 2 is 2.25 bits per heavy atom. The lowest BCUT2D eigenvalue weighted by atomic mass is 10.1. The summed E-state index contributed by atoms with van der Waals surface area (Å²) in [6.45, 7) is 6.32. The van der Waals surface area contributed by atoms with E-state index in [-0.39, 0.29) is 16.7 Å². The van der Waals surface area contributed by atoms with E-state index in [1.165, 1.54) is 0 Å². The van der Waals surface area contributed by atoms with Crippen LogP contribution in [0, 0.1) is 12.8 Å². The van der Waals surface area contributed by atoms with Crippen LogP contribution in [0.5, 0.6) is 0 Å². The highest BCUT2D eigenvalue weighted by Crippen LogP contribution is 2.15. The van der Waals surface area contributed by atoms with Crippen molar-refractivity contribution in [3.63, 3.8) is 0 Å². The Balaban J connectivity index is 2.58. The molecule has 1 aromatic heterocycles. The van der Waals surface area contributed by atoms with E-state index < -0.39 is 0 Å². The van der Waals surface area contributed by atoms with Gasteiger partial charge in [0.25, 0.3) is 0 Å². The summed E-state index contributed by atoms with van der Waals surface area (Å²) in [5.41, 5.74) is 0.775. The van der Waals surface area contributed by atoms with Crippen molar-refractivity contribution in [3.05, 3.63) is 17.5 Å². The number of nitrogens with zero attached hydrogens (tertiary/aromatic N) is 2. The van der Waals surface area contributed by atoms with Crippen molar-refractivity contribution in [3.8, 4) is 0 Å². The minimum Gasteiger partial charge on any atom is -0.361 e. The largest absolute Gasteiger partial charge is 0.361 e. The van der Waals surface area contributed by atoms with Crippen molar-refractivity contribution in [1.82, 2.24) is 10.1 Å². The van der Waals surface area contributed by atoms with Gasteiger partial charge in [-0.1, -0.05) is 34.9 Å². The minimum atomic E-state index is -0.148. The van der Waals surface area contributed by atoms with Crippen LogP contribution in [0.1, 0.15) is 25.3 Å². The smallest absolute Gasteiger partial charge is 0.236 e. The van der Waals surface area contributed by atoms with Crippen LogP contribution >= 0.6 is 15.9 Å². The van der Waals surface area contributed by atoms with E-state index in [2.05, 4.69) is 21.1 Å². The molecule has 1 aromatic rings. The zero-order chi connectivity index (χ0) is 12.3. The number of alkyl halides is 1. The molecule has 0 saturated carbocycles. The summed E-state index contributed by atoms with van der Waals surface area (Å²) < 4.78 is 4.95. The fourth-order valence-electron chi connectivity index (χ4n) is 1.31.